The van der Waals surface area contributed by atoms with Crippen LogP contribution in [0.3, 0.4) is 0 Å². The smallest absolute Gasteiger partial charge is 0.331 e. The first-order valence-corrected chi connectivity index (χ1v) is 4.25. The van der Waals surface area contributed by atoms with Gasteiger partial charge in [-0.3, -0.25) is 0 Å². The standard InChI is InChI=1S/C10H8ClFO2/c1-6(10(13)14)4-7-5-8(11)2-3-9(7)12/h2-5H,1H3,(H,13,14)/b6-4+. The average molecular weight is 215 g/mol. The van der Waals surface area contributed by atoms with E-state index < -0.39 is 11.8 Å². The van der Waals surface area contributed by atoms with Crippen molar-refractivity contribution in [2.24, 2.45) is 0 Å². The fraction of sp³-hybridized carbons (Fsp3) is 0.100. The molecule has 0 aliphatic heterocycles. The fourth-order valence-corrected chi connectivity index (χ4v) is 1.10. The molecule has 0 saturated heterocycles. The second-order valence-corrected chi connectivity index (χ2v) is 3.23. The molecular weight excluding hydrogens is 207 g/mol. The first-order chi connectivity index (χ1) is 6.50. The second-order valence-electron chi connectivity index (χ2n) is 2.80. The zero-order valence-electron chi connectivity index (χ0n) is 7.42. The van der Waals surface area contributed by atoms with Crippen LogP contribution in [-0.4, -0.2) is 11.1 Å². The third kappa shape index (κ3) is 2.57. The summed E-state index contributed by atoms with van der Waals surface area (Å²) in [7, 11) is 0. The van der Waals surface area contributed by atoms with Gasteiger partial charge in [0.2, 0.25) is 0 Å². The number of carboxylic acids is 1. The molecule has 0 amide bonds. The van der Waals surface area contributed by atoms with E-state index in [1.165, 1.54) is 31.2 Å². The Morgan fingerprint density at radius 2 is 2.21 bits per heavy atom. The molecular formula is C10H8ClFO2. The highest BCUT2D eigenvalue weighted by molar-refractivity contribution is 6.30. The Bertz CT molecular complexity index is 399. The van der Waals surface area contributed by atoms with Crippen LogP contribution in [0.5, 0.6) is 0 Å². The number of hydrogen-bond acceptors (Lipinski definition) is 1. The zero-order valence-corrected chi connectivity index (χ0v) is 8.18. The van der Waals surface area contributed by atoms with Crippen molar-refractivity contribution < 1.29 is 14.3 Å². The Balaban J connectivity index is 3.13. The minimum atomic E-state index is -1.08. The van der Waals surface area contributed by atoms with E-state index in [9.17, 15) is 9.18 Å². The molecule has 1 aromatic rings. The molecule has 14 heavy (non-hydrogen) atoms. The molecule has 0 aliphatic rings. The fourth-order valence-electron chi connectivity index (χ4n) is 0.920. The number of carbonyl (C=O) groups is 1. The van der Waals surface area contributed by atoms with E-state index in [4.69, 9.17) is 16.7 Å². The van der Waals surface area contributed by atoms with Crippen molar-refractivity contribution in [3.8, 4) is 0 Å². The summed E-state index contributed by atoms with van der Waals surface area (Å²) in [4.78, 5) is 10.5. The molecule has 1 aromatic carbocycles. The van der Waals surface area contributed by atoms with Gasteiger partial charge in [-0.2, -0.15) is 0 Å². The normalized spacial score (nSPS) is 11.5. The number of aliphatic carboxylic acids is 1. The van der Waals surface area contributed by atoms with E-state index in [0.29, 0.717) is 5.02 Å². The van der Waals surface area contributed by atoms with Crippen LogP contribution in [0.4, 0.5) is 4.39 Å². The van der Waals surface area contributed by atoms with Crippen LogP contribution >= 0.6 is 11.6 Å². The highest BCUT2D eigenvalue weighted by Gasteiger charge is 2.04. The number of benzene rings is 1. The maximum Gasteiger partial charge on any atom is 0.331 e. The monoisotopic (exact) mass is 214 g/mol. The first kappa shape index (κ1) is 10.7. The lowest BCUT2D eigenvalue weighted by atomic mass is 10.1. The van der Waals surface area contributed by atoms with Crippen molar-refractivity contribution >= 4 is 23.6 Å². The van der Waals surface area contributed by atoms with Crippen LogP contribution in [0.25, 0.3) is 6.08 Å². The van der Waals surface area contributed by atoms with Crippen molar-refractivity contribution in [1.82, 2.24) is 0 Å². The predicted octanol–water partition coefficient (Wildman–Crippen LogP) is 2.97. The predicted molar refractivity (Wildman–Crippen MR) is 52.7 cm³/mol. The van der Waals surface area contributed by atoms with Gasteiger partial charge in [0, 0.05) is 16.2 Å². The van der Waals surface area contributed by atoms with Gasteiger partial charge < -0.3 is 5.11 Å². The van der Waals surface area contributed by atoms with Gasteiger partial charge in [0.25, 0.3) is 0 Å². The van der Waals surface area contributed by atoms with Crippen molar-refractivity contribution in [2.45, 2.75) is 6.92 Å². The molecule has 0 spiro atoms. The Kier molecular flexibility index (Phi) is 3.25. The van der Waals surface area contributed by atoms with Gasteiger partial charge in [0.05, 0.1) is 0 Å². The summed E-state index contributed by atoms with van der Waals surface area (Å²) < 4.78 is 13.1. The van der Waals surface area contributed by atoms with Gasteiger partial charge in [-0.25, -0.2) is 9.18 Å². The molecule has 0 aromatic heterocycles. The van der Waals surface area contributed by atoms with Crippen molar-refractivity contribution in [3.63, 3.8) is 0 Å². The Morgan fingerprint density at radius 3 is 2.79 bits per heavy atom. The van der Waals surface area contributed by atoms with Gasteiger partial charge in [0.15, 0.2) is 0 Å². The molecule has 0 aliphatic carbocycles. The van der Waals surface area contributed by atoms with Crippen LogP contribution in [-0.2, 0) is 4.79 Å². The molecule has 0 fully saturated rings. The minimum absolute atomic E-state index is 0.0613. The van der Waals surface area contributed by atoms with Crippen molar-refractivity contribution in [1.29, 1.82) is 0 Å². The van der Waals surface area contributed by atoms with Gasteiger partial charge in [-0.1, -0.05) is 11.6 Å². The number of rotatable bonds is 2. The van der Waals surface area contributed by atoms with Gasteiger partial charge in [0.1, 0.15) is 5.82 Å². The summed E-state index contributed by atoms with van der Waals surface area (Å²) in [5.74, 6) is -1.57. The minimum Gasteiger partial charge on any atom is -0.478 e. The largest absolute Gasteiger partial charge is 0.478 e. The highest BCUT2D eigenvalue weighted by Crippen LogP contribution is 2.17. The summed E-state index contributed by atoms with van der Waals surface area (Å²) in [5.41, 5.74) is 0.239. The molecule has 0 atom stereocenters. The summed E-state index contributed by atoms with van der Waals surface area (Å²) in [5, 5.41) is 8.95. The molecule has 0 radical (unpaired) electrons. The first-order valence-electron chi connectivity index (χ1n) is 3.87. The van der Waals surface area contributed by atoms with Gasteiger partial charge >= 0.3 is 5.97 Å². The third-order valence-electron chi connectivity index (χ3n) is 1.67. The lowest BCUT2D eigenvalue weighted by molar-refractivity contribution is -0.132. The number of hydrogen-bond donors (Lipinski definition) is 1. The van der Waals surface area contributed by atoms with Crippen LogP contribution < -0.4 is 0 Å². The zero-order chi connectivity index (χ0) is 10.7. The van der Waals surface area contributed by atoms with Crippen LogP contribution in [0, 0.1) is 5.82 Å². The lowest BCUT2D eigenvalue weighted by Crippen LogP contribution is -1.96. The molecule has 74 valence electrons. The van der Waals surface area contributed by atoms with Crippen LogP contribution in [0.2, 0.25) is 5.02 Å². The molecule has 0 heterocycles. The summed E-state index contributed by atoms with van der Waals surface area (Å²) in [6.45, 7) is 1.39. The van der Waals surface area contributed by atoms with Gasteiger partial charge in [-0.05, 0) is 31.2 Å². The second kappa shape index (κ2) is 4.24. The van der Waals surface area contributed by atoms with E-state index in [2.05, 4.69) is 0 Å². The molecule has 0 unspecified atom stereocenters. The van der Waals surface area contributed by atoms with Gasteiger partial charge in [-0.15, -0.1) is 0 Å². The van der Waals surface area contributed by atoms with Crippen molar-refractivity contribution in [3.05, 3.63) is 40.2 Å². The Labute approximate surface area is 85.6 Å². The molecule has 4 heteroatoms. The summed E-state index contributed by atoms with van der Waals surface area (Å²) in [6, 6.07) is 3.98. The Morgan fingerprint density at radius 1 is 1.57 bits per heavy atom. The molecule has 1 rings (SSSR count). The van der Waals surface area contributed by atoms with E-state index in [1.54, 1.807) is 0 Å². The molecule has 2 nitrogen and oxygen atoms in total. The third-order valence-corrected chi connectivity index (χ3v) is 1.90. The number of halogens is 2. The van der Waals surface area contributed by atoms with E-state index >= 15 is 0 Å². The summed E-state index contributed by atoms with van der Waals surface area (Å²) >= 11 is 5.64. The molecule has 0 bridgehead atoms. The lowest BCUT2D eigenvalue weighted by Gasteiger charge is -1.98. The molecule has 1 N–H and O–H groups in total. The van der Waals surface area contributed by atoms with E-state index in [0.717, 1.165) is 0 Å². The Hall–Kier alpha value is -1.35. The SMILES string of the molecule is C/C(=C\c1cc(Cl)ccc1F)C(=O)O. The maximum atomic E-state index is 13.1. The van der Waals surface area contributed by atoms with E-state index in [-0.39, 0.29) is 11.1 Å². The van der Waals surface area contributed by atoms with Crippen LogP contribution in [0.1, 0.15) is 12.5 Å². The van der Waals surface area contributed by atoms with Crippen LogP contribution in [0.15, 0.2) is 23.8 Å². The van der Waals surface area contributed by atoms with Crippen molar-refractivity contribution in [2.75, 3.05) is 0 Å². The summed E-state index contributed by atoms with van der Waals surface area (Å²) in [6.07, 6.45) is 1.24. The number of carboxylic acid groups (broad SMARTS) is 1. The quantitative estimate of drug-likeness (QED) is 0.769. The molecule has 0 saturated carbocycles. The topological polar surface area (TPSA) is 37.3 Å². The highest BCUT2D eigenvalue weighted by atomic mass is 35.5. The van der Waals surface area contributed by atoms with E-state index in [1.807, 2.05) is 0 Å². The average Bonchev–Trinajstić information content (AvgIpc) is 2.11. The maximum absolute atomic E-state index is 13.1.